The maximum Gasteiger partial charge on any atom is 0.0623 e. The summed E-state index contributed by atoms with van der Waals surface area (Å²) in [5.41, 5.74) is -0.529. The Kier molecular flexibility index (Phi) is 13.3. The van der Waals surface area contributed by atoms with Gasteiger partial charge in [0.25, 0.3) is 0 Å². The molecule has 0 aliphatic carbocycles. The normalized spacial score (nSPS) is 43.5. The summed E-state index contributed by atoms with van der Waals surface area (Å²) in [6, 6.07) is -0.431. The van der Waals surface area contributed by atoms with Crippen LogP contribution in [0.1, 0.15) is 40.5 Å². The van der Waals surface area contributed by atoms with E-state index < -0.39 is 0 Å². The number of hydrogen-bond acceptors (Lipinski definition) is 2. The van der Waals surface area contributed by atoms with E-state index >= 15 is 0 Å². The molecule has 0 aromatic carbocycles. The van der Waals surface area contributed by atoms with Gasteiger partial charge >= 0.3 is 0 Å². The van der Waals surface area contributed by atoms with Gasteiger partial charge in [-0.3, -0.25) is 0 Å². The molecule has 2 nitrogen and oxygen atoms in total. The molecule has 6 heteroatoms. The number of ether oxygens (including phenoxy) is 2. The van der Waals surface area contributed by atoms with Crippen LogP contribution in [0, 0.1) is 38.5 Å². The quantitative estimate of drug-likeness (QED) is 0.477. The van der Waals surface area contributed by atoms with Crippen molar-refractivity contribution >= 4 is 15.7 Å². The van der Waals surface area contributed by atoms with Crippen molar-refractivity contribution in [3.05, 3.63) is 26.7 Å². The summed E-state index contributed by atoms with van der Waals surface area (Å²) in [4.78, 5) is 0. The molecular formula is C16H26B2O2Y2-4. The van der Waals surface area contributed by atoms with Crippen molar-refractivity contribution in [1.29, 1.82) is 0 Å². The Morgan fingerprint density at radius 1 is 0.864 bits per heavy atom. The van der Waals surface area contributed by atoms with Crippen LogP contribution in [0.5, 0.6) is 0 Å². The molecule has 0 bridgehead atoms. The summed E-state index contributed by atoms with van der Waals surface area (Å²) in [5.74, 6) is 0.736. The van der Waals surface area contributed by atoms with Crippen molar-refractivity contribution in [3.8, 4) is 0 Å². The first-order valence-corrected chi connectivity index (χ1v) is 7.44. The SMILES string of the molecule is [B]C1[CH-][C@H](C)C([CH2-])(CC)O1.[B][C@H]1[CH-][C@@H](C)C([CH2-])(CC)O1.[Y].[Y]. The van der Waals surface area contributed by atoms with Crippen molar-refractivity contribution in [2.75, 3.05) is 0 Å². The minimum absolute atomic E-state index is 0. The zero-order chi connectivity index (χ0) is 15.6. The molecule has 118 valence electrons. The van der Waals surface area contributed by atoms with Crippen LogP contribution in [0.25, 0.3) is 0 Å². The molecule has 6 atom stereocenters. The molecule has 0 N–H and O–H groups in total. The standard InChI is InChI=1S/2C8H13BO.2Y/c2*1-4-8(3)6(2)5-7(9)10-8;;/h2*5-7H,3-4H2,1-2H3;;/q2*-2;;/t6-,7?,8?;6-,7-,8?;;/m01../s1. The molecule has 2 aliphatic rings. The van der Waals surface area contributed by atoms with Crippen molar-refractivity contribution in [2.24, 2.45) is 11.8 Å². The Labute approximate surface area is 191 Å². The van der Waals surface area contributed by atoms with E-state index in [9.17, 15) is 0 Å². The first-order chi connectivity index (χ1) is 9.16. The van der Waals surface area contributed by atoms with E-state index in [1.165, 1.54) is 0 Å². The van der Waals surface area contributed by atoms with Gasteiger partial charge in [0.05, 0.1) is 15.7 Å². The van der Waals surface area contributed by atoms with Gasteiger partial charge in [0.2, 0.25) is 0 Å². The van der Waals surface area contributed by atoms with E-state index in [-0.39, 0.29) is 88.6 Å². The third kappa shape index (κ3) is 6.87. The van der Waals surface area contributed by atoms with E-state index in [0.29, 0.717) is 11.8 Å². The molecular weight excluding hydrogens is 424 g/mol. The van der Waals surface area contributed by atoms with Crippen molar-refractivity contribution in [3.63, 3.8) is 0 Å². The fourth-order valence-corrected chi connectivity index (χ4v) is 2.57. The van der Waals surface area contributed by atoms with Crippen LogP contribution in [0.2, 0.25) is 0 Å². The fraction of sp³-hybridized carbons (Fsp3) is 0.750. The van der Waals surface area contributed by atoms with E-state index in [1.54, 1.807) is 0 Å². The maximum absolute atomic E-state index is 5.56. The molecule has 2 rings (SSSR count). The minimum Gasteiger partial charge on any atom is -0.446 e. The average molecular weight is 450 g/mol. The Morgan fingerprint density at radius 2 is 1.14 bits per heavy atom. The zero-order valence-corrected chi connectivity index (χ0v) is 20.1. The Hall–Kier alpha value is 2.26. The van der Waals surface area contributed by atoms with Gasteiger partial charge in [0.15, 0.2) is 0 Å². The summed E-state index contributed by atoms with van der Waals surface area (Å²) in [6.07, 6.45) is 5.82. The molecule has 6 radical (unpaired) electrons. The monoisotopic (exact) mass is 450 g/mol. The summed E-state index contributed by atoms with van der Waals surface area (Å²) < 4.78 is 10.8. The molecule has 3 unspecified atom stereocenters. The molecule has 2 fully saturated rings. The van der Waals surface area contributed by atoms with Crippen molar-refractivity contribution < 1.29 is 74.9 Å². The van der Waals surface area contributed by atoms with E-state index in [0.717, 1.165) is 12.8 Å². The van der Waals surface area contributed by atoms with Crippen LogP contribution in [0.4, 0.5) is 0 Å². The summed E-state index contributed by atoms with van der Waals surface area (Å²) in [7, 11) is 11.1. The smallest absolute Gasteiger partial charge is 0.0623 e. The molecule has 0 spiro atoms. The van der Waals surface area contributed by atoms with Crippen LogP contribution >= 0.6 is 0 Å². The van der Waals surface area contributed by atoms with Gasteiger partial charge in [-0.1, -0.05) is 51.7 Å². The first kappa shape index (κ1) is 26.5. The molecule has 2 aliphatic heterocycles. The predicted octanol–water partition coefficient (Wildman–Crippen LogP) is 2.66. The van der Waals surface area contributed by atoms with E-state index in [2.05, 4.69) is 41.5 Å². The maximum atomic E-state index is 5.56. The second kappa shape index (κ2) is 11.1. The number of hydrogen-bond donors (Lipinski definition) is 0. The predicted molar refractivity (Wildman–Crippen MR) is 84.9 cm³/mol. The van der Waals surface area contributed by atoms with Crippen LogP contribution in [0.3, 0.4) is 0 Å². The molecule has 0 saturated carbocycles. The van der Waals surface area contributed by atoms with Gasteiger partial charge in [-0.2, -0.15) is 11.8 Å². The molecule has 22 heavy (non-hydrogen) atoms. The fourth-order valence-electron chi connectivity index (χ4n) is 2.57. The van der Waals surface area contributed by atoms with Gasteiger partial charge in [0.1, 0.15) is 0 Å². The topological polar surface area (TPSA) is 18.5 Å². The Bertz CT molecular complexity index is 293. The zero-order valence-electron chi connectivity index (χ0n) is 14.4. The van der Waals surface area contributed by atoms with Crippen LogP contribution in [0.15, 0.2) is 0 Å². The molecule has 0 aromatic heterocycles. The van der Waals surface area contributed by atoms with Gasteiger partial charge in [-0.25, -0.2) is 0 Å². The van der Waals surface area contributed by atoms with Gasteiger partial charge < -0.3 is 36.2 Å². The molecule has 0 aromatic rings. The summed E-state index contributed by atoms with van der Waals surface area (Å²) in [6.45, 7) is 16.3. The van der Waals surface area contributed by atoms with Crippen LogP contribution in [-0.2, 0) is 74.9 Å². The van der Waals surface area contributed by atoms with Gasteiger partial charge in [-0.15, -0.1) is 12.0 Å². The third-order valence-corrected chi connectivity index (χ3v) is 4.55. The van der Waals surface area contributed by atoms with E-state index in [4.69, 9.17) is 25.2 Å². The Morgan fingerprint density at radius 3 is 1.23 bits per heavy atom. The van der Waals surface area contributed by atoms with Crippen LogP contribution < -0.4 is 0 Å². The number of rotatable bonds is 2. The second-order valence-electron chi connectivity index (χ2n) is 5.96. The molecule has 0 amide bonds. The minimum atomic E-state index is -0.264. The second-order valence-corrected chi connectivity index (χ2v) is 5.96. The van der Waals surface area contributed by atoms with E-state index in [1.807, 2.05) is 12.8 Å². The van der Waals surface area contributed by atoms with Gasteiger partial charge in [-0.05, 0) is 0 Å². The van der Waals surface area contributed by atoms with Crippen molar-refractivity contribution in [1.82, 2.24) is 0 Å². The van der Waals surface area contributed by atoms with Gasteiger partial charge in [0, 0.05) is 65.4 Å². The van der Waals surface area contributed by atoms with Crippen molar-refractivity contribution in [2.45, 2.75) is 63.7 Å². The average Bonchev–Trinajstić information content (AvgIpc) is 2.78. The van der Waals surface area contributed by atoms with Crippen LogP contribution in [-0.4, -0.2) is 38.9 Å². The third-order valence-electron chi connectivity index (χ3n) is 4.55. The molecule has 2 heterocycles. The largest absolute Gasteiger partial charge is 0.446 e. The molecule has 2 saturated heterocycles. The summed E-state index contributed by atoms with van der Waals surface area (Å²) >= 11 is 0. The summed E-state index contributed by atoms with van der Waals surface area (Å²) in [5, 5.41) is 0. The first-order valence-electron chi connectivity index (χ1n) is 7.44. The Balaban J connectivity index is 0.